The molecule has 0 amide bonds. The Kier molecular flexibility index (Phi) is 5.13. The monoisotopic (exact) mass is 286 g/mol. The first-order valence-electron chi connectivity index (χ1n) is 5.80. The molecular weight excluding hydrogens is 268 g/mol. The number of benzene rings is 1. The lowest BCUT2D eigenvalue weighted by atomic mass is 10.2. The highest BCUT2D eigenvalue weighted by molar-refractivity contribution is 7.90. The second-order valence-electron chi connectivity index (χ2n) is 3.75. The van der Waals surface area contributed by atoms with Crippen LogP contribution in [0.25, 0.3) is 0 Å². The maximum absolute atomic E-state index is 12.0. The van der Waals surface area contributed by atoms with Gasteiger partial charge in [-0.15, -0.1) is 0 Å². The van der Waals surface area contributed by atoms with E-state index in [1.54, 1.807) is 38.1 Å². The zero-order chi connectivity index (χ0) is 14.5. The van der Waals surface area contributed by atoms with Crippen molar-refractivity contribution in [2.75, 3.05) is 17.8 Å². The number of hydrogen-bond donors (Lipinski definition) is 3. The lowest BCUT2D eigenvalue weighted by Crippen LogP contribution is -2.35. The Hall–Kier alpha value is -1.80. The lowest BCUT2D eigenvalue weighted by Gasteiger charge is -2.19. The fourth-order valence-electron chi connectivity index (χ4n) is 1.54. The molecule has 7 nitrogen and oxygen atoms in total. The summed E-state index contributed by atoms with van der Waals surface area (Å²) in [5.41, 5.74) is 6.34. The summed E-state index contributed by atoms with van der Waals surface area (Å²) in [6, 6.07) is 6.23. The SMILES string of the molecule is CCN(CC)S(=O)(=O)Nc1ccc(/C(N)=N/O)cc1. The summed E-state index contributed by atoms with van der Waals surface area (Å²) < 4.78 is 27.7. The molecule has 0 unspecified atom stereocenters. The number of anilines is 1. The minimum absolute atomic E-state index is 0.0295. The van der Waals surface area contributed by atoms with Gasteiger partial charge in [-0.25, -0.2) is 0 Å². The van der Waals surface area contributed by atoms with E-state index in [2.05, 4.69) is 9.88 Å². The molecule has 0 radical (unpaired) electrons. The summed E-state index contributed by atoms with van der Waals surface area (Å²) in [4.78, 5) is 0. The molecule has 0 aliphatic heterocycles. The number of rotatable bonds is 6. The van der Waals surface area contributed by atoms with Crippen molar-refractivity contribution < 1.29 is 13.6 Å². The number of amidine groups is 1. The van der Waals surface area contributed by atoms with Crippen molar-refractivity contribution in [3.63, 3.8) is 0 Å². The van der Waals surface area contributed by atoms with Crippen LogP contribution in [0.3, 0.4) is 0 Å². The molecular formula is C11H18N4O3S. The number of nitrogens with two attached hydrogens (primary N) is 1. The summed E-state index contributed by atoms with van der Waals surface area (Å²) in [6.45, 7) is 4.33. The number of hydrogen-bond acceptors (Lipinski definition) is 4. The number of nitrogens with zero attached hydrogens (tertiary/aromatic N) is 2. The van der Waals surface area contributed by atoms with Gasteiger partial charge in [0.1, 0.15) is 0 Å². The van der Waals surface area contributed by atoms with Crippen LogP contribution in [0.1, 0.15) is 19.4 Å². The zero-order valence-electron chi connectivity index (χ0n) is 10.9. The van der Waals surface area contributed by atoms with Crippen molar-refractivity contribution in [1.82, 2.24) is 4.31 Å². The molecule has 1 aromatic rings. The van der Waals surface area contributed by atoms with Gasteiger partial charge in [0.2, 0.25) is 0 Å². The molecule has 0 aliphatic rings. The van der Waals surface area contributed by atoms with E-state index in [1.165, 1.54) is 4.31 Å². The largest absolute Gasteiger partial charge is 0.409 e. The molecule has 0 atom stereocenters. The Balaban J connectivity index is 2.89. The third-order valence-corrected chi connectivity index (χ3v) is 4.27. The van der Waals surface area contributed by atoms with Crippen molar-refractivity contribution in [1.29, 1.82) is 0 Å². The summed E-state index contributed by atoms with van der Waals surface area (Å²) in [5, 5.41) is 11.4. The maximum atomic E-state index is 12.0. The molecule has 0 aromatic heterocycles. The third-order valence-electron chi connectivity index (χ3n) is 2.58. The van der Waals surface area contributed by atoms with Gasteiger partial charge in [0.15, 0.2) is 5.84 Å². The molecule has 0 saturated carbocycles. The fourth-order valence-corrected chi connectivity index (χ4v) is 2.79. The van der Waals surface area contributed by atoms with Crippen molar-refractivity contribution in [2.45, 2.75) is 13.8 Å². The van der Waals surface area contributed by atoms with E-state index in [1.807, 2.05) is 0 Å². The van der Waals surface area contributed by atoms with Crippen molar-refractivity contribution in [3.8, 4) is 0 Å². The summed E-state index contributed by atoms with van der Waals surface area (Å²) >= 11 is 0. The van der Waals surface area contributed by atoms with Crippen molar-refractivity contribution in [3.05, 3.63) is 29.8 Å². The first-order chi connectivity index (χ1) is 8.94. The number of nitrogens with one attached hydrogen (secondary N) is 1. The molecule has 0 spiro atoms. The van der Waals surface area contributed by atoms with Gasteiger partial charge in [-0.2, -0.15) is 12.7 Å². The van der Waals surface area contributed by atoms with Crippen LogP contribution in [0, 0.1) is 0 Å². The lowest BCUT2D eigenvalue weighted by molar-refractivity contribution is 0.318. The third kappa shape index (κ3) is 3.83. The van der Waals surface area contributed by atoms with Crippen LogP contribution >= 0.6 is 0 Å². The van der Waals surface area contributed by atoms with Gasteiger partial charge >= 0.3 is 10.2 Å². The molecule has 106 valence electrons. The Bertz CT molecular complexity index is 536. The first-order valence-corrected chi connectivity index (χ1v) is 7.24. The van der Waals surface area contributed by atoms with E-state index in [-0.39, 0.29) is 5.84 Å². The van der Waals surface area contributed by atoms with Crippen LogP contribution in [0.15, 0.2) is 29.4 Å². The van der Waals surface area contributed by atoms with Gasteiger partial charge in [-0.3, -0.25) is 4.72 Å². The van der Waals surface area contributed by atoms with E-state index >= 15 is 0 Å². The van der Waals surface area contributed by atoms with Crippen molar-refractivity contribution in [2.24, 2.45) is 10.9 Å². The topological polar surface area (TPSA) is 108 Å². The second-order valence-corrected chi connectivity index (χ2v) is 5.42. The first kappa shape index (κ1) is 15.3. The van der Waals surface area contributed by atoms with Crippen LogP contribution in [0.2, 0.25) is 0 Å². The molecule has 19 heavy (non-hydrogen) atoms. The van der Waals surface area contributed by atoms with Gasteiger partial charge in [0.25, 0.3) is 0 Å². The second kappa shape index (κ2) is 6.39. The molecule has 0 bridgehead atoms. The quantitative estimate of drug-likeness (QED) is 0.311. The fraction of sp³-hybridized carbons (Fsp3) is 0.364. The average molecular weight is 286 g/mol. The van der Waals surface area contributed by atoms with E-state index in [4.69, 9.17) is 10.9 Å². The van der Waals surface area contributed by atoms with Gasteiger partial charge in [0, 0.05) is 24.3 Å². The highest BCUT2D eigenvalue weighted by atomic mass is 32.2. The van der Waals surface area contributed by atoms with Crippen LogP contribution in [0.4, 0.5) is 5.69 Å². The van der Waals surface area contributed by atoms with Crippen LogP contribution in [-0.4, -0.2) is 36.9 Å². The summed E-state index contributed by atoms with van der Waals surface area (Å²) in [7, 11) is -3.54. The summed E-state index contributed by atoms with van der Waals surface area (Å²) in [5.74, 6) is -0.0295. The number of oxime groups is 1. The maximum Gasteiger partial charge on any atom is 0.301 e. The highest BCUT2D eigenvalue weighted by Gasteiger charge is 2.18. The Morgan fingerprint density at radius 2 is 1.84 bits per heavy atom. The van der Waals surface area contributed by atoms with Gasteiger partial charge in [-0.05, 0) is 24.3 Å². The zero-order valence-corrected chi connectivity index (χ0v) is 11.7. The smallest absolute Gasteiger partial charge is 0.301 e. The molecule has 0 heterocycles. The molecule has 8 heteroatoms. The standard InChI is InChI=1S/C11H18N4O3S/c1-3-15(4-2)19(17,18)14-10-7-5-9(6-8-10)11(12)13-16/h5-8,14,16H,3-4H2,1-2H3,(H2,12,13). The molecule has 1 rings (SSSR count). The minimum atomic E-state index is -3.54. The molecule has 4 N–H and O–H groups in total. The molecule has 0 fully saturated rings. The van der Waals surface area contributed by atoms with Crippen LogP contribution in [-0.2, 0) is 10.2 Å². The van der Waals surface area contributed by atoms with E-state index in [0.717, 1.165) is 0 Å². The van der Waals surface area contributed by atoms with Crippen molar-refractivity contribution >= 4 is 21.7 Å². The average Bonchev–Trinajstić information content (AvgIpc) is 2.39. The van der Waals surface area contributed by atoms with E-state index < -0.39 is 10.2 Å². The summed E-state index contributed by atoms with van der Waals surface area (Å²) in [6.07, 6.45) is 0. The Morgan fingerprint density at radius 1 is 1.32 bits per heavy atom. The van der Waals surface area contributed by atoms with Crippen LogP contribution < -0.4 is 10.5 Å². The predicted molar refractivity (Wildman–Crippen MR) is 74.4 cm³/mol. The predicted octanol–water partition coefficient (Wildman–Crippen LogP) is 0.780. The van der Waals surface area contributed by atoms with Crippen LogP contribution in [0.5, 0.6) is 0 Å². The molecule has 0 aliphatic carbocycles. The Labute approximate surface area is 112 Å². The minimum Gasteiger partial charge on any atom is -0.409 e. The van der Waals surface area contributed by atoms with Gasteiger partial charge < -0.3 is 10.9 Å². The molecule has 0 saturated heterocycles. The van der Waals surface area contributed by atoms with Gasteiger partial charge in [0.05, 0.1) is 0 Å². The van der Waals surface area contributed by atoms with Gasteiger partial charge in [-0.1, -0.05) is 19.0 Å². The highest BCUT2D eigenvalue weighted by Crippen LogP contribution is 2.13. The van der Waals surface area contributed by atoms with E-state index in [0.29, 0.717) is 24.3 Å². The normalized spacial score (nSPS) is 12.7. The van der Waals surface area contributed by atoms with E-state index in [9.17, 15) is 8.42 Å². The Morgan fingerprint density at radius 3 is 2.26 bits per heavy atom. The molecule has 1 aromatic carbocycles.